The number of nitrogens with zero attached hydrogens (tertiary/aromatic N) is 4. The molecule has 3 aromatic rings. The van der Waals surface area contributed by atoms with Crippen LogP contribution in [0.5, 0.6) is 5.75 Å². The number of aromatic nitrogens is 4. The summed E-state index contributed by atoms with van der Waals surface area (Å²) >= 11 is 0. The fraction of sp³-hybridized carbons (Fsp3) is 0.294. The van der Waals surface area contributed by atoms with Gasteiger partial charge in [0.15, 0.2) is 0 Å². The largest absolute Gasteiger partial charge is 0.494 e. The van der Waals surface area contributed by atoms with Crippen LogP contribution in [0.15, 0.2) is 30.9 Å². The lowest BCUT2D eigenvalue weighted by Crippen LogP contribution is -1.94. The van der Waals surface area contributed by atoms with Crippen molar-refractivity contribution in [3.8, 4) is 28.7 Å². The third kappa shape index (κ3) is 2.23. The van der Waals surface area contributed by atoms with E-state index in [1.54, 1.807) is 18.0 Å². The highest BCUT2D eigenvalue weighted by molar-refractivity contribution is 5.75. The van der Waals surface area contributed by atoms with Crippen molar-refractivity contribution in [1.82, 2.24) is 19.4 Å². The SMILES string of the molecule is COc1cc(-c2cnn(C)c2)cn2ncc(C#CC3CC3)c12. The van der Waals surface area contributed by atoms with Crippen LogP contribution < -0.4 is 4.74 Å². The molecule has 1 aliphatic carbocycles. The number of hydrogen-bond acceptors (Lipinski definition) is 3. The smallest absolute Gasteiger partial charge is 0.146 e. The van der Waals surface area contributed by atoms with E-state index in [1.165, 1.54) is 12.8 Å². The average Bonchev–Trinajstić information content (AvgIpc) is 3.11. The fourth-order valence-electron chi connectivity index (χ4n) is 2.47. The summed E-state index contributed by atoms with van der Waals surface area (Å²) in [6.07, 6.45) is 10.0. The van der Waals surface area contributed by atoms with Gasteiger partial charge in [-0.3, -0.25) is 4.68 Å². The van der Waals surface area contributed by atoms with Crippen molar-refractivity contribution >= 4 is 5.52 Å². The molecule has 0 bridgehead atoms. The van der Waals surface area contributed by atoms with Gasteiger partial charge in [0, 0.05) is 36.5 Å². The zero-order valence-corrected chi connectivity index (χ0v) is 12.6. The molecule has 0 aliphatic heterocycles. The molecule has 0 radical (unpaired) electrons. The Morgan fingerprint density at radius 3 is 2.73 bits per heavy atom. The first kappa shape index (κ1) is 13.0. The monoisotopic (exact) mass is 292 g/mol. The normalized spacial score (nSPS) is 13.9. The lowest BCUT2D eigenvalue weighted by molar-refractivity contribution is 0.417. The first-order chi connectivity index (χ1) is 10.7. The molecule has 0 spiro atoms. The Labute approximate surface area is 128 Å². The van der Waals surface area contributed by atoms with Crippen LogP contribution in [0.3, 0.4) is 0 Å². The maximum Gasteiger partial charge on any atom is 0.146 e. The molecule has 1 aliphatic rings. The van der Waals surface area contributed by atoms with E-state index in [0.717, 1.165) is 28.0 Å². The van der Waals surface area contributed by atoms with E-state index in [4.69, 9.17) is 4.74 Å². The van der Waals surface area contributed by atoms with E-state index in [-0.39, 0.29) is 0 Å². The van der Waals surface area contributed by atoms with Crippen molar-refractivity contribution in [3.05, 3.63) is 36.4 Å². The number of pyridine rings is 1. The van der Waals surface area contributed by atoms with Crippen LogP contribution >= 0.6 is 0 Å². The fourth-order valence-corrected chi connectivity index (χ4v) is 2.47. The zero-order chi connectivity index (χ0) is 15.1. The Kier molecular flexibility index (Phi) is 2.90. The van der Waals surface area contributed by atoms with Crippen LogP contribution in [0.25, 0.3) is 16.6 Å². The number of fused-ring (bicyclic) bond motifs is 1. The highest BCUT2D eigenvalue weighted by atomic mass is 16.5. The van der Waals surface area contributed by atoms with Gasteiger partial charge in [-0.05, 0) is 18.9 Å². The standard InChI is InChI=1S/C17H16N4O/c1-20-10-15(9-18-20)14-7-16(22-2)17-13(6-5-12-3-4-12)8-19-21(17)11-14/h7-12H,3-4H2,1-2H3. The Morgan fingerprint density at radius 1 is 1.18 bits per heavy atom. The molecule has 5 nitrogen and oxygen atoms in total. The van der Waals surface area contributed by atoms with Crippen LogP contribution in [0.4, 0.5) is 0 Å². The maximum atomic E-state index is 5.56. The van der Waals surface area contributed by atoms with Crippen LogP contribution in [0.2, 0.25) is 0 Å². The van der Waals surface area contributed by atoms with Gasteiger partial charge in [0.25, 0.3) is 0 Å². The summed E-state index contributed by atoms with van der Waals surface area (Å²) < 4.78 is 9.17. The van der Waals surface area contributed by atoms with E-state index in [0.29, 0.717) is 5.92 Å². The number of methoxy groups -OCH3 is 1. The van der Waals surface area contributed by atoms with E-state index < -0.39 is 0 Å². The van der Waals surface area contributed by atoms with Gasteiger partial charge in [-0.15, -0.1) is 0 Å². The van der Waals surface area contributed by atoms with Crippen molar-refractivity contribution in [2.75, 3.05) is 7.11 Å². The second kappa shape index (κ2) is 4.92. The minimum absolute atomic E-state index is 0.565. The molecule has 0 atom stereocenters. The number of aryl methyl sites for hydroxylation is 1. The quantitative estimate of drug-likeness (QED) is 0.682. The molecular weight excluding hydrogens is 276 g/mol. The average molecular weight is 292 g/mol. The molecule has 0 unspecified atom stereocenters. The first-order valence-electron chi connectivity index (χ1n) is 7.30. The van der Waals surface area contributed by atoms with E-state index >= 15 is 0 Å². The molecule has 4 rings (SSSR count). The van der Waals surface area contributed by atoms with Gasteiger partial charge in [-0.1, -0.05) is 11.8 Å². The molecule has 3 heterocycles. The van der Waals surface area contributed by atoms with Crippen LogP contribution in [-0.2, 0) is 7.05 Å². The van der Waals surface area contributed by atoms with Crippen molar-refractivity contribution in [2.24, 2.45) is 13.0 Å². The molecule has 0 saturated heterocycles. The third-order valence-corrected chi connectivity index (χ3v) is 3.82. The highest BCUT2D eigenvalue weighted by Crippen LogP contribution is 2.30. The first-order valence-corrected chi connectivity index (χ1v) is 7.30. The van der Waals surface area contributed by atoms with Gasteiger partial charge in [0.1, 0.15) is 11.3 Å². The predicted molar refractivity (Wildman–Crippen MR) is 83.5 cm³/mol. The molecular formula is C17H16N4O. The molecule has 110 valence electrons. The van der Waals surface area contributed by atoms with Crippen LogP contribution in [0, 0.1) is 17.8 Å². The van der Waals surface area contributed by atoms with E-state index in [9.17, 15) is 0 Å². The van der Waals surface area contributed by atoms with Gasteiger partial charge < -0.3 is 4.74 Å². The van der Waals surface area contributed by atoms with E-state index in [2.05, 4.69) is 22.0 Å². The number of ether oxygens (including phenoxy) is 1. The third-order valence-electron chi connectivity index (χ3n) is 3.82. The zero-order valence-electron chi connectivity index (χ0n) is 12.6. The molecule has 5 heteroatoms. The Morgan fingerprint density at radius 2 is 2.05 bits per heavy atom. The second-order valence-electron chi connectivity index (χ2n) is 5.59. The summed E-state index contributed by atoms with van der Waals surface area (Å²) in [6.45, 7) is 0. The second-order valence-corrected chi connectivity index (χ2v) is 5.59. The van der Waals surface area contributed by atoms with Gasteiger partial charge in [-0.25, -0.2) is 4.52 Å². The summed E-state index contributed by atoms with van der Waals surface area (Å²) in [5.41, 5.74) is 3.89. The van der Waals surface area contributed by atoms with Gasteiger partial charge >= 0.3 is 0 Å². The van der Waals surface area contributed by atoms with Crippen molar-refractivity contribution in [3.63, 3.8) is 0 Å². The Bertz CT molecular complexity index is 906. The molecule has 1 fully saturated rings. The highest BCUT2D eigenvalue weighted by Gasteiger charge is 2.18. The lowest BCUT2D eigenvalue weighted by atomic mass is 10.1. The molecule has 0 N–H and O–H groups in total. The van der Waals surface area contributed by atoms with Crippen molar-refractivity contribution in [2.45, 2.75) is 12.8 Å². The summed E-state index contributed by atoms with van der Waals surface area (Å²) in [6, 6.07) is 2.01. The summed E-state index contributed by atoms with van der Waals surface area (Å²) in [5.74, 6) is 7.86. The van der Waals surface area contributed by atoms with Crippen molar-refractivity contribution < 1.29 is 4.74 Å². The van der Waals surface area contributed by atoms with Crippen molar-refractivity contribution in [1.29, 1.82) is 0 Å². The van der Waals surface area contributed by atoms with Crippen LogP contribution in [-0.4, -0.2) is 26.5 Å². The maximum absolute atomic E-state index is 5.56. The summed E-state index contributed by atoms with van der Waals surface area (Å²) in [4.78, 5) is 0. The number of hydrogen-bond donors (Lipinski definition) is 0. The van der Waals surface area contributed by atoms with Gasteiger partial charge in [0.2, 0.25) is 0 Å². The summed E-state index contributed by atoms with van der Waals surface area (Å²) in [5, 5.41) is 8.64. The molecule has 0 amide bonds. The molecule has 3 aromatic heterocycles. The van der Waals surface area contributed by atoms with Gasteiger partial charge in [0.05, 0.1) is 25.1 Å². The molecule has 1 saturated carbocycles. The lowest BCUT2D eigenvalue weighted by Gasteiger charge is -2.06. The topological polar surface area (TPSA) is 44.4 Å². The Hall–Kier alpha value is -2.74. The number of rotatable bonds is 2. The molecule has 0 aromatic carbocycles. The molecule has 22 heavy (non-hydrogen) atoms. The summed E-state index contributed by atoms with van der Waals surface area (Å²) in [7, 11) is 3.58. The van der Waals surface area contributed by atoms with E-state index in [1.807, 2.05) is 36.2 Å². The minimum atomic E-state index is 0.565. The Balaban J connectivity index is 1.85. The predicted octanol–water partition coefficient (Wildman–Crippen LogP) is 2.50. The van der Waals surface area contributed by atoms with Crippen LogP contribution in [0.1, 0.15) is 18.4 Å². The van der Waals surface area contributed by atoms with Gasteiger partial charge in [-0.2, -0.15) is 10.2 Å². The minimum Gasteiger partial charge on any atom is -0.494 e.